The van der Waals surface area contributed by atoms with Gasteiger partial charge in [-0.2, -0.15) is 0 Å². The predicted octanol–water partition coefficient (Wildman–Crippen LogP) is 5.67. The number of thioether (sulfide) groups is 1. The first-order valence-corrected chi connectivity index (χ1v) is 15.1. The van der Waals surface area contributed by atoms with Crippen molar-refractivity contribution in [3.63, 3.8) is 0 Å². The lowest BCUT2D eigenvalue weighted by Crippen LogP contribution is -2.63. The molecular formula is C22H30BrNO4SSi. The molecule has 0 radical (unpaired) electrons. The fourth-order valence-electron chi connectivity index (χ4n) is 3.59. The number of fused-ring (bicyclic) bond motifs is 1. The molecule has 1 aromatic rings. The van der Waals surface area contributed by atoms with Crippen LogP contribution >= 0.6 is 27.7 Å². The van der Waals surface area contributed by atoms with Crippen molar-refractivity contribution in [2.45, 2.75) is 69.1 Å². The third-order valence-electron chi connectivity index (χ3n) is 6.41. The van der Waals surface area contributed by atoms with E-state index in [0.29, 0.717) is 4.91 Å². The number of carbonyl (C=O) groups is 2. The van der Waals surface area contributed by atoms with Crippen LogP contribution in [0.2, 0.25) is 18.1 Å². The molecule has 2 heterocycles. The van der Waals surface area contributed by atoms with Gasteiger partial charge in [0.15, 0.2) is 8.32 Å². The van der Waals surface area contributed by atoms with Gasteiger partial charge in [-0.25, -0.2) is 4.79 Å². The zero-order valence-corrected chi connectivity index (χ0v) is 21.8. The Morgan fingerprint density at radius 1 is 1.30 bits per heavy atom. The molecule has 0 bridgehead atoms. The number of alkyl halides is 1. The van der Waals surface area contributed by atoms with Crippen LogP contribution in [0.25, 0.3) is 4.91 Å². The number of rotatable bonds is 7. The van der Waals surface area contributed by atoms with Gasteiger partial charge in [-0.1, -0.05) is 79.7 Å². The van der Waals surface area contributed by atoms with Gasteiger partial charge in [0.2, 0.25) is 5.91 Å². The molecule has 164 valence electrons. The Balaban J connectivity index is 1.89. The van der Waals surface area contributed by atoms with E-state index in [1.807, 2.05) is 31.2 Å². The third-order valence-corrected chi connectivity index (χ3v) is 13.0. The second-order valence-corrected chi connectivity index (χ2v) is 15.8. The highest BCUT2D eigenvalue weighted by Gasteiger charge is 2.59. The standard InChI is InChI=1S/C22H30BrNO4SSi/c1-7-15(28-30(5,6)22(2,3)4)16-19(25)24-17(21(26)27)18(29-20(16)24)14-10-8-13(12-23)9-11-14/h8-11,15-16,20H,7,12H2,1-6H3,(H,26,27)/t15-,16+,20+/m0/s1. The molecule has 2 aliphatic rings. The smallest absolute Gasteiger partial charge is 0.353 e. The van der Waals surface area contributed by atoms with E-state index in [4.69, 9.17) is 4.43 Å². The molecule has 3 rings (SSSR count). The van der Waals surface area contributed by atoms with Gasteiger partial charge in [0.25, 0.3) is 0 Å². The van der Waals surface area contributed by atoms with E-state index < -0.39 is 14.3 Å². The van der Waals surface area contributed by atoms with Gasteiger partial charge >= 0.3 is 5.97 Å². The molecule has 0 saturated carbocycles. The molecule has 3 atom stereocenters. The first-order valence-electron chi connectivity index (χ1n) is 10.2. The van der Waals surface area contributed by atoms with Crippen LogP contribution in [-0.2, 0) is 19.3 Å². The Labute approximate surface area is 192 Å². The Bertz CT molecular complexity index is 878. The van der Waals surface area contributed by atoms with Gasteiger partial charge in [-0.15, -0.1) is 0 Å². The Kier molecular flexibility index (Phi) is 6.64. The largest absolute Gasteiger partial charge is 0.477 e. The van der Waals surface area contributed by atoms with Crippen molar-refractivity contribution in [2.24, 2.45) is 5.92 Å². The first kappa shape index (κ1) is 23.6. The minimum absolute atomic E-state index is 0.0442. The van der Waals surface area contributed by atoms with Crippen LogP contribution in [0.4, 0.5) is 0 Å². The zero-order chi connectivity index (χ0) is 22.4. The minimum Gasteiger partial charge on any atom is -0.477 e. The van der Waals surface area contributed by atoms with Crippen molar-refractivity contribution < 1.29 is 19.1 Å². The Morgan fingerprint density at radius 2 is 1.90 bits per heavy atom. The lowest BCUT2D eigenvalue weighted by molar-refractivity contribution is -0.156. The number of amides is 1. The van der Waals surface area contributed by atoms with Gasteiger partial charge in [-0.05, 0) is 35.7 Å². The number of β-lactam (4-membered cyclic amide) rings is 1. The van der Waals surface area contributed by atoms with Crippen molar-refractivity contribution in [3.8, 4) is 0 Å². The zero-order valence-electron chi connectivity index (χ0n) is 18.4. The highest BCUT2D eigenvalue weighted by atomic mass is 79.9. The minimum atomic E-state index is -2.05. The molecule has 2 aliphatic heterocycles. The van der Waals surface area contributed by atoms with Crippen molar-refractivity contribution in [1.82, 2.24) is 4.90 Å². The summed E-state index contributed by atoms with van der Waals surface area (Å²) in [6.07, 6.45) is 0.531. The van der Waals surface area contributed by atoms with E-state index in [-0.39, 0.29) is 34.0 Å². The molecule has 1 saturated heterocycles. The van der Waals surface area contributed by atoms with E-state index in [9.17, 15) is 14.7 Å². The summed E-state index contributed by atoms with van der Waals surface area (Å²) < 4.78 is 6.61. The van der Waals surface area contributed by atoms with Crippen molar-refractivity contribution in [3.05, 3.63) is 41.1 Å². The van der Waals surface area contributed by atoms with Crippen LogP contribution in [0.5, 0.6) is 0 Å². The molecule has 0 spiro atoms. The van der Waals surface area contributed by atoms with Gasteiger partial charge in [0.1, 0.15) is 11.1 Å². The molecule has 1 amide bonds. The van der Waals surface area contributed by atoms with Crippen LogP contribution < -0.4 is 0 Å². The molecule has 1 fully saturated rings. The maximum Gasteiger partial charge on any atom is 0.353 e. The van der Waals surface area contributed by atoms with Gasteiger partial charge in [0, 0.05) is 10.2 Å². The van der Waals surface area contributed by atoms with Crippen molar-refractivity contribution >= 4 is 52.8 Å². The summed E-state index contributed by atoms with van der Waals surface area (Å²) in [5.74, 6) is -1.51. The van der Waals surface area contributed by atoms with Crippen LogP contribution in [0, 0.1) is 5.92 Å². The molecule has 5 nitrogen and oxygen atoms in total. The molecule has 1 aromatic carbocycles. The number of carboxylic acids is 1. The van der Waals surface area contributed by atoms with E-state index in [2.05, 4.69) is 49.8 Å². The van der Waals surface area contributed by atoms with E-state index >= 15 is 0 Å². The fourth-order valence-corrected chi connectivity index (χ4v) is 6.96. The van der Waals surface area contributed by atoms with Crippen molar-refractivity contribution in [1.29, 1.82) is 0 Å². The number of carbonyl (C=O) groups excluding carboxylic acids is 1. The lowest BCUT2D eigenvalue weighted by Gasteiger charge is -2.48. The second-order valence-electron chi connectivity index (χ2n) is 9.38. The van der Waals surface area contributed by atoms with E-state index in [1.165, 1.54) is 16.7 Å². The molecule has 0 unspecified atom stereocenters. The molecule has 30 heavy (non-hydrogen) atoms. The summed E-state index contributed by atoms with van der Waals surface area (Å²) in [7, 11) is -2.05. The molecular weight excluding hydrogens is 482 g/mol. The van der Waals surface area contributed by atoms with Gasteiger partial charge in [-0.3, -0.25) is 9.69 Å². The van der Waals surface area contributed by atoms with Crippen LogP contribution in [0.3, 0.4) is 0 Å². The predicted molar refractivity (Wildman–Crippen MR) is 128 cm³/mol. The second kappa shape index (κ2) is 8.45. The van der Waals surface area contributed by atoms with Crippen molar-refractivity contribution in [2.75, 3.05) is 0 Å². The van der Waals surface area contributed by atoms with E-state index in [0.717, 1.165) is 22.9 Å². The molecule has 8 heteroatoms. The summed E-state index contributed by atoms with van der Waals surface area (Å²) in [6, 6.07) is 7.80. The number of carboxylic acid groups (broad SMARTS) is 1. The van der Waals surface area contributed by atoms with Gasteiger partial charge < -0.3 is 9.53 Å². The normalized spacial score (nSPS) is 22.8. The summed E-state index contributed by atoms with van der Waals surface area (Å²) in [4.78, 5) is 27.3. The summed E-state index contributed by atoms with van der Waals surface area (Å²) >= 11 is 4.91. The van der Waals surface area contributed by atoms with Crippen LogP contribution in [-0.4, -0.2) is 41.7 Å². The van der Waals surface area contributed by atoms with Crippen LogP contribution in [0.1, 0.15) is 45.2 Å². The van der Waals surface area contributed by atoms with E-state index in [1.54, 1.807) is 0 Å². The number of benzene rings is 1. The Morgan fingerprint density at radius 3 is 2.37 bits per heavy atom. The summed E-state index contributed by atoms with van der Waals surface area (Å²) in [5, 5.41) is 10.4. The lowest BCUT2D eigenvalue weighted by atomic mass is 9.89. The van der Waals surface area contributed by atoms with Crippen LogP contribution in [0.15, 0.2) is 30.0 Å². The third kappa shape index (κ3) is 4.03. The maximum absolute atomic E-state index is 13.1. The first-order chi connectivity index (χ1) is 13.9. The SMILES string of the molecule is CC[C@H](O[Si](C)(C)C(C)(C)C)[C@@H]1C(=O)N2C(C(=O)O)=C(c3ccc(CBr)cc3)S[C@H]12. The topological polar surface area (TPSA) is 66.8 Å². The number of halogens is 1. The maximum atomic E-state index is 13.1. The Hall–Kier alpha value is -1.09. The highest BCUT2D eigenvalue weighted by molar-refractivity contribution is 9.08. The fraction of sp³-hybridized carbons (Fsp3) is 0.545. The molecule has 0 aliphatic carbocycles. The highest BCUT2D eigenvalue weighted by Crippen LogP contribution is 2.55. The average molecular weight is 513 g/mol. The number of nitrogens with zero attached hydrogens (tertiary/aromatic N) is 1. The molecule has 0 aromatic heterocycles. The van der Waals surface area contributed by atoms with Gasteiger partial charge in [0.05, 0.1) is 12.0 Å². The summed E-state index contributed by atoms with van der Waals surface area (Å²) in [5.41, 5.74) is 2.05. The number of hydrogen-bond acceptors (Lipinski definition) is 4. The average Bonchev–Trinajstić information content (AvgIpc) is 3.02. The summed E-state index contributed by atoms with van der Waals surface area (Å²) in [6.45, 7) is 13.0. The quantitative estimate of drug-likeness (QED) is 0.290. The molecule has 1 N–H and O–H groups in total. The number of aliphatic carboxylic acids is 1. The number of hydrogen-bond donors (Lipinski definition) is 1. The monoisotopic (exact) mass is 511 g/mol.